The molecule has 0 spiro atoms. The van der Waals surface area contributed by atoms with Crippen LogP contribution in [0.3, 0.4) is 0 Å². The van der Waals surface area contributed by atoms with Crippen molar-refractivity contribution < 1.29 is 4.52 Å². The molecule has 0 aromatic carbocycles. The highest BCUT2D eigenvalue weighted by atomic mass is 16.5. The lowest BCUT2D eigenvalue weighted by molar-refractivity contribution is 0.154. The first-order valence-corrected chi connectivity index (χ1v) is 8.28. The van der Waals surface area contributed by atoms with Crippen LogP contribution in [-0.4, -0.2) is 33.1 Å². The minimum absolute atomic E-state index is 0.381. The van der Waals surface area contributed by atoms with Crippen molar-refractivity contribution in [2.45, 2.75) is 50.5 Å². The Balaban J connectivity index is 1.46. The molecule has 2 fully saturated rings. The van der Waals surface area contributed by atoms with Gasteiger partial charge in [-0.1, -0.05) is 11.2 Å². The van der Waals surface area contributed by atoms with Crippen LogP contribution in [0.5, 0.6) is 0 Å². The van der Waals surface area contributed by atoms with Crippen LogP contribution in [0.2, 0.25) is 0 Å². The average Bonchev–Trinajstić information content (AvgIpc) is 3.32. The molecule has 2 atom stereocenters. The minimum Gasteiger partial charge on any atom is -0.339 e. The monoisotopic (exact) mass is 298 g/mol. The maximum atomic E-state index is 5.43. The van der Waals surface area contributed by atoms with Crippen molar-refractivity contribution >= 4 is 0 Å². The van der Waals surface area contributed by atoms with Crippen LogP contribution in [0.25, 0.3) is 0 Å². The van der Waals surface area contributed by atoms with Gasteiger partial charge in [-0.25, -0.2) is 0 Å². The molecule has 0 unspecified atom stereocenters. The smallest absolute Gasteiger partial charge is 0.229 e. The number of rotatable bonds is 4. The number of hydrogen-bond donors (Lipinski definition) is 0. The molecule has 0 amide bonds. The van der Waals surface area contributed by atoms with E-state index in [0.29, 0.717) is 17.9 Å². The summed E-state index contributed by atoms with van der Waals surface area (Å²) in [6.45, 7) is 4.38. The van der Waals surface area contributed by atoms with Gasteiger partial charge in [0.25, 0.3) is 0 Å². The number of aromatic nitrogens is 3. The molecule has 5 nitrogen and oxygen atoms in total. The van der Waals surface area contributed by atoms with E-state index < -0.39 is 0 Å². The molecule has 2 aromatic heterocycles. The lowest BCUT2D eigenvalue weighted by Gasteiger charge is -2.35. The Morgan fingerprint density at radius 3 is 2.95 bits per heavy atom. The Morgan fingerprint density at radius 2 is 2.18 bits per heavy atom. The van der Waals surface area contributed by atoms with Gasteiger partial charge in [0, 0.05) is 36.8 Å². The normalized spacial score (nSPS) is 24.3. The van der Waals surface area contributed by atoms with Crippen LogP contribution >= 0.6 is 0 Å². The summed E-state index contributed by atoms with van der Waals surface area (Å²) in [7, 11) is 0. The molecule has 22 heavy (non-hydrogen) atoms. The van der Waals surface area contributed by atoms with E-state index in [0.717, 1.165) is 31.2 Å². The van der Waals surface area contributed by atoms with E-state index in [1.165, 1.54) is 24.8 Å². The molecule has 5 heteroatoms. The van der Waals surface area contributed by atoms with Crippen LogP contribution < -0.4 is 0 Å². The molecule has 4 rings (SSSR count). The van der Waals surface area contributed by atoms with Crippen molar-refractivity contribution in [1.29, 1.82) is 0 Å². The van der Waals surface area contributed by atoms with E-state index >= 15 is 0 Å². The summed E-state index contributed by atoms with van der Waals surface area (Å²) >= 11 is 0. The molecule has 0 N–H and O–H groups in total. The first-order valence-electron chi connectivity index (χ1n) is 8.28. The van der Waals surface area contributed by atoms with Crippen molar-refractivity contribution in [2.75, 3.05) is 13.1 Å². The largest absolute Gasteiger partial charge is 0.339 e. The summed E-state index contributed by atoms with van der Waals surface area (Å²) in [6, 6.07) is 4.54. The van der Waals surface area contributed by atoms with Crippen molar-refractivity contribution in [3.63, 3.8) is 0 Å². The summed E-state index contributed by atoms with van der Waals surface area (Å²) < 4.78 is 5.43. The second kappa shape index (κ2) is 5.80. The number of piperidine rings is 1. The molecule has 0 bridgehead atoms. The van der Waals surface area contributed by atoms with Crippen molar-refractivity contribution in [3.05, 3.63) is 41.8 Å². The summed E-state index contributed by atoms with van der Waals surface area (Å²) in [4.78, 5) is 11.4. The predicted octanol–water partition coefficient (Wildman–Crippen LogP) is 3.28. The van der Waals surface area contributed by atoms with Crippen molar-refractivity contribution in [3.8, 4) is 0 Å². The standard InChI is InChI=1S/C17H22N4O/c1-12(14-4-2-8-18-10-14)21-9-3-5-15(11-21)16-19-17(22-20-16)13-6-7-13/h2,4,8,10,12-13,15H,3,5-7,9,11H2,1H3/t12-,15-/m0/s1. The molecule has 1 saturated carbocycles. The zero-order valence-electron chi connectivity index (χ0n) is 13.0. The topological polar surface area (TPSA) is 55.1 Å². The Kier molecular flexibility index (Phi) is 3.66. The first kappa shape index (κ1) is 13.9. The Bertz CT molecular complexity index is 623. The fourth-order valence-electron chi connectivity index (χ4n) is 3.31. The van der Waals surface area contributed by atoms with Crippen LogP contribution in [0.1, 0.15) is 67.8 Å². The molecule has 1 aliphatic heterocycles. The fraction of sp³-hybridized carbons (Fsp3) is 0.588. The lowest BCUT2D eigenvalue weighted by Crippen LogP contribution is -2.36. The molecule has 1 aliphatic carbocycles. The van der Waals surface area contributed by atoms with E-state index in [4.69, 9.17) is 4.52 Å². The third kappa shape index (κ3) is 2.77. The van der Waals surface area contributed by atoms with E-state index in [2.05, 4.69) is 33.0 Å². The highest BCUT2D eigenvalue weighted by Gasteiger charge is 2.32. The van der Waals surface area contributed by atoms with Crippen LogP contribution in [-0.2, 0) is 0 Å². The van der Waals surface area contributed by atoms with E-state index in [9.17, 15) is 0 Å². The van der Waals surface area contributed by atoms with Gasteiger partial charge in [0.05, 0.1) is 0 Å². The summed E-state index contributed by atoms with van der Waals surface area (Å²) in [5.41, 5.74) is 1.27. The molecule has 2 aromatic rings. The van der Waals surface area contributed by atoms with Crippen molar-refractivity contribution in [1.82, 2.24) is 20.0 Å². The number of nitrogens with zero attached hydrogens (tertiary/aromatic N) is 4. The minimum atomic E-state index is 0.381. The van der Waals surface area contributed by atoms with Gasteiger partial charge in [-0.15, -0.1) is 0 Å². The van der Waals surface area contributed by atoms with Crippen LogP contribution in [0.4, 0.5) is 0 Å². The Labute approximate surface area is 130 Å². The molecule has 3 heterocycles. The van der Waals surface area contributed by atoms with Gasteiger partial charge in [-0.2, -0.15) is 4.98 Å². The van der Waals surface area contributed by atoms with Gasteiger partial charge in [-0.05, 0) is 50.8 Å². The SMILES string of the molecule is C[C@@H](c1cccnc1)N1CCC[C@H](c2noc(C3CC3)n2)C1. The fourth-order valence-corrected chi connectivity index (χ4v) is 3.31. The summed E-state index contributed by atoms with van der Waals surface area (Å²) in [6.07, 6.45) is 8.54. The first-order chi connectivity index (χ1) is 10.8. The maximum absolute atomic E-state index is 5.43. The van der Waals surface area contributed by atoms with Crippen molar-refractivity contribution in [2.24, 2.45) is 0 Å². The lowest BCUT2D eigenvalue weighted by atomic mass is 9.95. The summed E-state index contributed by atoms with van der Waals surface area (Å²) in [5.74, 6) is 2.69. The van der Waals surface area contributed by atoms with Crippen LogP contribution in [0, 0.1) is 0 Å². The van der Waals surface area contributed by atoms with Gasteiger partial charge >= 0.3 is 0 Å². The Hall–Kier alpha value is -1.75. The van der Waals surface area contributed by atoms with E-state index in [1.807, 2.05) is 18.5 Å². The predicted molar refractivity (Wildman–Crippen MR) is 82.5 cm³/mol. The number of hydrogen-bond acceptors (Lipinski definition) is 5. The molecule has 2 aliphatic rings. The number of likely N-dealkylation sites (tertiary alicyclic amines) is 1. The quantitative estimate of drug-likeness (QED) is 0.867. The zero-order valence-corrected chi connectivity index (χ0v) is 13.0. The molecule has 116 valence electrons. The highest BCUT2D eigenvalue weighted by molar-refractivity contribution is 5.14. The van der Waals surface area contributed by atoms with Gasteiger partial charge in [0.1, 0.15) is 0 Å². The van der Waals surface area contributed by atoms with Crippen LogP contribution in [0.15, 0.2) is 29.0 Å². The van der Waals surface area contributed by atoms with E-state index in [1.54, 1.807) is 0 Å². The summed E-state index contributed by atoms with van der Waals surface area (Å²) in [5, 5.41) is 4.24. The van der Waals surface area contributed by atoms with Gasteiger partial charge in [-0.3, -0.25) is 9.88 Å². The third-order valence-corrected chi connectivity index (χ3v) is 4.92. The molecule has 1 saturated heterocycles. The average molecular weight is 298 g/mol. The maximum Gasteiger partial charge on any atom is 0.229 e. The molecule has 0 radical (unpaired) electrons. The van der Waals surface area contributed by atoms with E-state index in [-0.39, 0.29) is 0 Å². The Morgan fingerprint density at radius 1 is 1.27 bits per heavy atom. The third-order valence-electron chi connectivity index (χ3n) is 4.92. The molecular weight excluding hydrogens is 276 g/mol. The highest BCUT2D eigenvalue weighted by Crippen LogP contribution is 2.40. The molecular formula is C17H22N4O. The van der Waals surface area contributed by atoms with Gasteiger partial charge in [0.2, 0.25) is 5.89 Å². The second-order valence-corrected chi connectivity index (χ2v) is 6.56. The second-order valence-electron chi connectivity index (χ2n) is 6.56. The number of pyridine rings is 1. The van der Waals surface area contributed by atoms with Gasteiger partial charge < -0.3 is 4.52 Å². The van der Waals surface area contributed by atoms with Gasteiger partial charge in [0.15, 0.2) is 5.82 Å². The zero-order chi connectivity index (χ0) is 14.9.